The van der Waals surface area contributed by atoms with Crippen LogP contribution < -0.4 is 4.74 Å². The summed E-state index contributed by atoms with van der Waals surface area (Å²) in [4.78, 5) is 7.10. The number of nitrogens with zero attached hydrogens (tertiary/aromatic N) is 1. The summed E-state index contributed by atoms with van der Waals surface area (Å²) in [5, 5.41) is 10.7. The van der Waals surface area contributed by atoms with Crippen molar-refractivity contribution in [3.63, 3.8) is 0 Å². The van der Waals surface area contributed by atoms with E-state index in [0.29, 0.717) is 11.1 Å². The topological polar surface area (TPSA) is 113 Å². The highest BCUT2D eigenvalue weighted by Crippen LogP contribution is 2.42. The second-order valence-corrected chi connectivity index (χ2v) is 9.39. The smallest absolute Gasteiger partial charge is 0.416 e. The molecule has 0 amide bonds. The van der Waals surface area contributed by atoms with Gasteiger partial charge in [0.15, 0.2) is 0 Å². The van der Waals surface area contributed by atoms with Gasteiger partial charge in [-0.25, -0.2) is 4.98 Å². The molecule has 12 heteroatoms. The van der Waals surface area contributed by atoms with Gasteiger partial charge in [-0.1, -0.05) is 36.4 Å². The number of benzene rings is 4. The van der Waals surface area contributed by atoms with E-state index in [1.165, 1.54) is 43.5 Å². The lowest BCUT2D eigenvalue weighted by molar-refractivity contribution is -0.137. The molecule has 1 heterocycles. The highest BCUT2D eigenvalue weighted by Gasteiger charge is 2.31. The zero-order valence-electron chi connectivity index (χ0n) is 18.9. The molecule has 5 aromatic rings. The molecular weight excluding hydrogens is 533 g/mol. The van der Waals surface area contributed by atoms with Crippen LogP contribution in [0.2, 0.25) is 0 Å². The number of nitrogens with one attached hydrogen (secondary N) is 1. The minimum absolute atomic E-state index is 0. The van der Waals surface area contributed by atoms with Gasteiger partial charge in [-0.05, 0) is 35.9 Å². The number of methoxy groups -OCH3 is 1. The number of ether oxygens (including phenoxy) is 1. The Balaban J connectivity index is 0.00000320. The second kappa shape index (κ2) is 9.25. The summed E-state index contributed by atoms with van der Waals surface area (Å²) < 4.78 is 79.2. The number of para-hydroxylation sites is 1. The van der Waals surface area contributed by atoms with Crippen LogP contribution in [-0.4, -0.2) is 35.2 Å². The lowest BCUT2D eigenvalue weighted by atomic mass is 9.99. The fraction of sp³-hybridized carbons (Fsp3) is 0.0800. The lowest BCUT2D eigenvalue weighted by Gasteiger charge is -2.14. The molecule has 0 aliphatic rings. The van der Waals surface area contributed by atoms with Gasteiger partial charge in [0.25, 0.3) is 10.1 Å². The molecule has 0 aliphatic heterocycles. The van der Waals surface area contributed by atoms with Gasteiger partial charge in [0.2, 0.25) is 0 Å². The van der Waals surface area contributed by atoms with Crippen LogP contribution in [0, 0.1) is 0 Å². The Kier molecular flexibility index (Phi) is 6.57. The van der Waals surface area contributed by atoms with Crippen LogP contribution in [0.1, 0.15) is 5.56 Å². The number of H-pyrrole nitrogens is 1. The SMILES string of the molecule is COc1c(-c2cccc(C(F)(F)F)c2)cccc1-c1nc2c(cc(S(=O)(=O)O)c3cccc(O)c32)[nH]1.Cl. The van der Waals surface area contributed by atoms with Gasteiger partial charge in [0.05, 0.1) is 29.1 Å². The van der Waals surface area contributed by atoms with Gasteiger partial charge in [0, 0.05) is 10.9 Å². The standard InChI is InChI=1S/C25H17F3N2O5S.ClH/c1-35-23-15(13-5-2-6-14(11-13)25(26,27)28)7-3-9-17(23)24-29-18-12-20(36(32,33)34)16-8-4-10-19(31)21(16)22(18)30-24;/h2-12,31H,1H3,(H,29,30)(H,32,33,34);1H. The van der Waals surface area contributed by atoms with Gasteiger partial charge in [-0.3, -0.25) is 4.55 Å². The van der Waals surface area contributed by atoms with Crippen LogP contribution in [0.15, 0.2) is 71.6 Å². The highest BCUT2D eigenvalue weighted by atomic mass is 35.5. The zero-order valence-corrected chi connectivity index (χ0v) is 20.5. The predicted molar refractivity (Wildman–Crippen MR) is 135 cm³/mol. The van der Waals surface area contributed by atoms with Gasteiger partial charge in [-0.2, -0.15) is 21.6 Å². The first-order valence-corrected chi connectivity index (χ1v) is 11.9. The van der Waals surface area contributed by atoms with E-state index >= 15 is 0 Å². The first-order chi connectivity index (χ1) is 17.0. The average Bonchev–Trinajstić information content (AvgIpc) is 3.26. The summed E-state index contributed by atoms with van der Waals surface area (Å²) in [5.74, 6) is 0.206. The Morgan fingerprint density at radius 2 is 1.65 bits per heavy atom. The highest BCUT2D eigenvalue weighted by molar-refractivity contribution is 7.86. The number of imidazole rings is 1. The minimum atomic E-state index is -4.64. The molecule has 5 rings (SSSR count). The first-order valence-electron chi connectivity index (χ1n) is 10.5. The molecule has 192 valence electrons. The number of phenols is 1. The molecule has 0 aliphatic carbocycles. The molecular formula is C25H18ClF3N2O5S. The molecule has 0 fully saturated rings. The number of halogens is 4. The fourth-order valence-corrected chi connectivity index (χ4v) is 4.97. The molecule has 0 spiro atoms. The molecule has 1 aromatic heterocycles. The molecule has 0 bridgehead atoms. The molecule has 37 heavy (non-hydrogen) atoms. The molecule has 3 N–H and O–H groups in total. The second-order valence-electron chi connectivity index (χ2n) is 8.00. The van der Waals surface area contributed by atoms with Crippen LogP contribution in [0.5, 0.6) is 11.5 Å². The Labute approximate surface area is 214 Å². The van der Waals surface area contributed by atoms with Crippen LogP contribution in [0.25, 0.3) is 44.3 Å². The largest absolute Gasteiger partial charge is 0.507 e. The Bertz CT molecular complexity index is 1770. The molecule has 0 radical (unpaired) electrons. The Morgan fingerprint density at radius 3 is 2.32 bits per heavy atom. The van der Waals surface area contributed by atoms with Crippen LogP contribution >= 0.6 is 12.4 Å². The maximum absolute atomic E-state index is 13.3. The molecule has 0 saturated heterocycles. The summed E-state index contributed by atoms with van der Waals surface area (Å²) in [6, 6.07) is 15.1. The third kappa shape index (κ3) is 4.57. The van der Waals surface area contributed by atoms with Crippen molar-refractivity contribution < 1.29 is 36.0 Å². The van der Waals surface area contributed by atoms with E-state index in [-0.39, 0.29) is 57.1 Å². The first kappa shape index (κ1) is 26.3. The van der Waals surface area contributed by atoms with E-state index < -0.39 is 26.8 Å². The number of fused-ring (bicyclic) bond motifs is 3. The van der Waals surface area contributed by atoms with Gasteiger partial charge in [-0.15, -0.1) is 12.4 Å². The number of aromatic amines is 1. The predicted octanol–water partition coefficient (Wildman–Crippen LogP) is 6.45. The van der Waals surface area contributed by atoms with Crippen LogP contribution in [-0.2, 0) is 16.3 Å². The molecule has 0 saturated carbocycles. The van der Waals surface area contributed by atoms with E-state index in [1.807, 2.05) is 0 Å². The monoisotopic (exact) mass is 550 g/mol. The summed E-state index contributed by atoms with van der Waals surface area (Å²) in [5.41, 5.74) is 0.677. The van der Waals surface area contributed by atoms with Gasteiger partial charge in [0.1, 0.15) is 27.7 Å². The molecule has 4 aromatic carbocycles. The summed E-state index contributed by atoms with van der Waals surface area (Å²) in [7, 11) is -3.27. The summed E-state index contributed by atoms with van der Waals surface area (Å²) in [6.45, 7) is 0. The number of aromatic hydroxyl groups is 1. The van der Waals surface area contributed by atoms with Crippen molar-refractivity contribution in [1.82, 2.24) is 9.97 Å². The van der Waals surface area contributed by atoms with Crippen molar-refractivity contribution >= 4 is 44.3 Å². The summed E-state index contributed by atoms with van der Waals surface area (Å²) >= 11 is 0. The molecule has 0 atom stereocenters. The lowest BCUT2D eigenvalue weighted by Crippen LogP contribution is -2.04. The van der Waals surface area contributed by atoms with Crippen molar-refractivity contribution in [2.45, 2.75) is 11.1 Å². The van der Waals surface area contributed by atoms with E-state index in [1.54, 1.807) is 18.2 Å². The van der Waals surface area contributed by atoms with Gasteiger partial charge >= 0.3 is 6.18 Å². The number of rotatable bonds is 4. The minimum Gasteiger partial charge on any atom is -0.507 e. The van der Waals surface area contributed by atoms with Crippen molar-refractivity contribution in [3.05, 3.63) is 72.3 Å². The Hall–Kier alpha value is -3.80. The van der Waals surface area contributed by atoms with E-state index in [9.17, 15) is 31.2 Å². The number of hydrogen-bond donors (Lipinski definition) is 3. The maximum Gasteiger partial charge on any atom is 0.416 e. The normalized spacial score (nSPS) is 12.0. The number of alkyl halides is 3. The van der Waals surface area contributed by atoms with Crippen molar-refractivity contribution in [3.8, 4) is 34.0 Å². The van der Waals surface area contributed by atoms with Crippen molar-refractivity contribution in [2.75, 3.05) is 7.11 Å². The van der Waals surface area contributed by atoms with Gasteiger partial charge < -0.3 is 14.8 Å². The van der Waals surface area contributed by atoms with E-state index in [0.717, 1.165) is 12.1 Å². The van der Waals surface area contributed by atoms with Crippen molar-refractivity contribution in [2.24, 2.45) is 0 Å². The zero-order chi connectivity index (χ0) is 25.8. The quantitative estimate of drug-likeness (QED) is 0.222. The third-order valence-corrected chi connectivity index (χ3v) is 6.70. The average molecular weight is 551 g/mol. The molecule has 7 nitrogen and oxygen atoms in total. The van der Waals surface area contributed by atoms with E-state index in [4.69, 9.17) is 4.74 Å². The van der Waals surface area contributed by atoms with Crippen LogP contribution in [0.4, 0.5) is 13.2 Å². The fourth-order valence-electron chi connectivity index (χ4n) is 4.26. The summed E-state index contributed by atoms with van der Waals surface area (Å²) in [6.07, 6.45) is -4.52. The van der Waals surface area contributed by atoms with Crippen molar-refractivity contribution in [1.29, 1.82) is 0 Å². The maximum atomic E-state index is 13.3. The number of hydrogen-bond acceptors (Lipinski definition) is 5. The third-order valence-electron chi connectivity index (χ3n) is 5.81. The molecule has 0 unspecified atom stereocenters. The number of aromatic nitrogens is 2. The Morgan fingerprint density at radius 1 is 0.973 bits per heavy atom. The van der Waals surface area contributed by atoms with Crippen LogP contribution in [0.3, 0.4) is 0 Å². The van der Waals surface area contributed by atoms with E-state index in [2.05, 4.69) is 9.97 Å². The number of phenolic OH excluding ortho intramolecular Hbond substituents is 1.